The van der Waals surface area contributed by atoms with E-state index in [2.05, 4.69) is 5.32 Å². The molecule has 0 bridgehead atoms. The van der Waals surface area contributed by atoms with Gasteiger partial charge in [0.05, 0.1) is 18.7 Å². The van der Waals surface area contributed by atoms with E-state index in [-0.39, 0.29) is 29.1 Å². The van der Waals surface area contributed by atoms with Crippen molar-refractivity contribution in [1.29, 1.82) is 10.5 Å². The molecule has 0 aliphatic carbocycles. The van der Waals surface area contributed by atoms with Crippen LogP contribution in [0.4, 0.5) is 20.2 Å². The molecule has 0 unspecified atom stereocenters. The number of hydrogen-bond acceptors (Lipinski definition) is 7. The molecule has 0 radical (unpaired) electrons. The average molecular weight is 522 g/mol. The summed E-state index contributed by atoms with van der Waals surface area (Å²) < 4.78 is 34.4. The van der Waals surface area contributed by atoms with Crippen LogP contribution in [0.1, 0.15) is 18.1 Å². The van der Waals surface area contributed by atoms with E-state index in [1.165, 1.54) is 19.2 Å². The van der Waals surface area contributed by atoms with Crippen LogP contribution in [-0.4, -0.2) is 43.0 Å². The Morgan fingerprint density at radius 3 is 2.24 bits per heavy atom. The number of carbonyl (C=O) groups is 3. The van der Waals surface area contributed by atoms with Gasteiger partial charge in [0.15, 0.2) is 11.0 Å². The van der Waals surface area contributed by atoms with Crippen LogP contribution < -0.4 is 15.1 Å². The third-order valence-corrected chi connectivity index (χ3v) is 7.67. The Morgan fingerprint density at radius 2 is 1.65 bits per heavy atom. The first kappa shape index (κ1) is 24.3. The van der Waals surface area contributed by atoms with Gasteiger partial charge in [-0.15, -0.1) is 0 Å². The fraction of sp³-hybridized carbons (Fsp3) is 0.280. The number of amides is 2. The Morgan fingerprint density at radius 1 is 1.05 bits per heavy atom. The van der Waals surface area contributed by atoms with Crippen LogP contribution in [0.5, 0.6) is 0 Å². The Kier molecular flexibility index (Phi) is 5.11. The molecule has 0 aromatic heterocycles. The highest BCUT2D eigenvalue weighted by Crippen LogP contribution is 2.67. The highest BCUT2D eigenvalue weighted by Gasteiger charge is 2.84. The zero-order valence-electron chi connectivity index (χ0n) is 19.5. The lowest BCUT2D eigenvalue weighted by Crippen LogP contribution is -2.65. The van der Waals surface area contributed by atoms with Crippen LogP contribution in [-0.2, 0) is 30.1 Å². The number of thiocarbonyl (C=S) groups is 1. The van der Waals surface area contributed by atoms with Gasteiger partial charge in [0.2, 0.25) is 11.3 Å². The largest absolute Gasteiger partial charge is 0.465 e. The lowest BCUT2D eigenvalue weighted by Gasteiger charge is -2.41. The summed E-state index contributed by atoms with van der Waals surface area (Å²) >= 11 is 5.43. The summed E-state index contributed by atoms with van der Waals surface area (Å²) in [6.45, 7) is 0.925. The predicted octanol–water partition coefficient (Wildman–Crippen LogP) is 1.95. The summed E-state index contributed by atoms with van der Waals surface area (Å²) in [6, 6.07) is 10.3. The first-order valence-corrected chi connectivity index (χ1v) is 11.5. The van der Waals surface area contributed by atoms with E-state index in [9.17, 15) is 33.7 Å². The number of anilines is 2. The van der Waals surface area contributed by atoms with Gasteiger partial charge in [-0.2, -0.15) is 10.5 Å². The second-order valence-electron chi connectivity index (χ2n) is 8.81. The molecular weight excluding hydrogens is 504 g/mol. The van der Waals surface area contributed by atoms with Crippen molar-refractivity contribution in [3.63, 3.8) is 0 Å². The van der Waals surface area contributed by atoms with E-state index in [4.69, 9.17) is 17.0 Å². The second-order valence-corrected chi connectivity index (χ2v) is 9.22. The molecule has 0 saturated carbocycles. The van der Waals surface area contributed by atoms with Gasteiger partial charge in [-0.1, -0.05) is 12.2 Å². The summed E-state index contributed by atoms with van der Waals surface area (Å²) in [6.07, 6.45) is 0. The highest BCUT2D eigenvalue weighted by atomic mass is 32.1. The van der Waals surface area contributed by atoms with Gasteiger partial charge in [-0.25, -0.2) is 8.78 Å². The minimum atomic E-state index is -2.53. The lowest BCUT2D eigenvalue weighted by atomic mass is 9.53. The number of nitrogens with one attached hydrogen (secondary N) is 1. The van der Waals surface area contributed by atoms with Crippen molar-refractivity contribution in [1.82, 2.24) is 5.32 Å². The number of nitrogens with zero attached hydrogens (tertiary/aromatic N) is 4. The Balaban J connectivity index is 1.95. The molecule has 2 atom stereocenters. The van der Waals surface area contributed by atoms with Crippen molar-refractivity contribution < 1.29 is 27.9 Å². The first-order valence-electron chi connectivity index (χ1n) is 11.1. The van der Waals surface area contributed by atoms with Crippen molar-refractivity contribution in [2.45, 2.75) is 17.9 Å². The Bertz CT molecular complexity index is 1520. The second kappa shape index (κ2) is 7.79. The molecule has 186 valence electrons. The molecule has 3 aliphatic rings. The lowest BCUT2D eigenvalue weighted by molar-refractivity contribution is -0.143. The molecule has 37 heavy (non-hydrogen) atoms. The SMILES string of the molecule is CCOC(=O)CN1C(=O)[C@@]2(c3cc(F)ccc31)C(C#N)(C#N)C(=S)N[C@]21C(=O)N(C)c2ccc(F)cc21. The smallest absolute Gasteiger partial charge is 0.326 e. The number of benzene rings is 2. The molecule has 3 heterocycles. The van der Waals surface area contributed by atoms with Gasteiger partial charge in [0.25, 0.3) is 5.91 Å². The normalized spacial score (nSPS) is 24.6. The number of esters is 1. The Hall–Kier alpha value is -4.42. The molecule has 2 aromatic rings. The average Bonchev–Trinajstić information content (AvgIpc) is 3.34. The summed E-state index contributed by atoms with van der Waals surface area (Å²) in [5, 5.41) is 23.6. The van der Waals surface area contributed by atoms with Crippen molar-refractivity contribution in [2.75, 3.05) is 30.0 Å². The molecule has 9 nitrogen and oxygen atoms in total. The van der Waals surface area contributed by atoms with Crippen LogP contribution in [0.2, 0.25) is 0 Å². The molecule has 2 spiro atoms. The molecule has 3 aliphatic heterocycles. The maximum absolute atomic E-state index is 14.8. The van der Waals surface area contributed by atoms with Crippen LogP contribution in [0.3, 0.4) is 0 Å². The van der Waals surface area contributed by atoms with Gasteiger partial charge < -0.3 is 15.0 Å². The van der Waals surface area contributed by atoms with Crippen LogP contribution >= 0.6 is 12.2 Å². The quantitative estimate of drug-likeness (QED) is 0.480. The number of fused-ring (bicyclic) bond motifs is 5. The highest BCUT2D eigenvalue weighted by molar-refractivity contribution is 7.80. The minimum Gasteiger partial charge on any atom is -0.465 e. The standard InChI is InChI=1S/C25H17F2N5O4S/c1-3-36-19(33)10-32-18-7-5-13(26)8-15(18)24(21(32)34)23(11-28,12-29)20(37)30-25(24)16-9-14(27)4-6-17(16)31(2)22(25)35/h4-9H,3,10H2,1-2H3,(H,30,37)/t24-,25+/m0/s1. The molecule has 2 aromatic carbocycles. The van der Waals surface area contributed by atoms with Crippen molar-refractivity contribution >= 4 is 46.4 Å². The summed E-state index contributed by atoms with van der Waals surface area (Å²) in [5.74, 6) is -4.25. The van der Waals surface area contributed by atoms with Gasteiger partial charge in [0, 0.05) is 29.5 Å². The van der Waals surface area contributed by atoms with Crippen molar-refractivity contribution in [3.05, 3.63) is 59.2 Å². The van der Waals surface area contributed by atoms with E-state index in [0.717, 1.165) is 34.1 Å². The zero-order valence-corrected chi connectivity index (χ0v) is 20.3. The van der Waals surface area contributed by atoms with Gasteiger partial charge >= 0.3 is 5.97 Å². The first-order chi connectivity index (χ1) is 17.6. The van der Waals surface area contributed by atoms with Crippen LogP contribution in [0, 0.1) is 39.7 Å². The van der Waals surface area contributed by atoms with E-state index < -0.39 is 57.3 Å². The van der Waals surface area contributed by atoms with Gasteiger partial charge in [-0.3, -0.25) is 19.3 Å². The minimum absolute atomic E-state index is 0.00806. The maximum Gasteiger partial charge on any atom is 0.326 e. The molecule has 12 heteroatoms. The maximum atomic E-state index is 14.8. The third kappa shape index (κ3) is 2.58. The number of ether oxygens (including phenoxy) is 1. The fourth-order valence-corrected chi connectivity index (χ4v) is 6.25. The number of halogens is 2. The molecule has 1 saturated heterocycles. The number of hydrogen-bond donors (Lipinski definition) is 1. The number of rotatable bonds is 3. The molecule has 2 amide bonds. The number of nitriles is 2. The van der Waals surface area contributed by atoms with Crippen LogP contribution in [0.15, 0.2) is 36.4 Å². The van der Waals surface area contributed by atoms with Crippen molar-refractivity contribution in [2.24, 2.45) is 5.41 Å². The summed E-state index contributed by atoms with van der Waals surface area (Å²) in [5.41, 5.74) is -7.44. The van der Waals surface area contributed by atoms with Gasteiger partial charge in [0.1, 0.15) is 23.2 Å². The van der Waals surface area contributed by atoms with Gasteiger partial charge in [-0.05, 0) is 43.3 Å². The molecule has 1 N–H and O–H groups in total. The monoisotopic (exact) mass is 521 g/mol. The van der Waals surface area contributed by atoms with E-state index in [1.807, 2.05) is 12.1 Å². The topological polar surface area (TPSA) is 127 Å². The van der Waals surface area contributed by atoms with E-state index in [0.29, 0.717) is 0 Å². The third-order valence-electron chi connectivity index (χ3n) is 7.26. The number of likely N-dealkylation sites (N-methyl/N-ethyl adjacent to an activating group) is 1. The molecule has 5 rings (SSSR count). The van der Waals surface area contributed by atoms with E-state index >= 15 is 0 Å². The molecular formula is C25H17F2N5O4S. The Labute approximate surface area is 214 Å². The van der Waals surface area contributed by atoms with E-state index in [1.54, 1.807) is 6.92 Å². The fourth-order valence-electron chi connectivity index (χ4n) is 5.85. The number of carbonyl (C=O) groups excluding carboxylic acids is 3. The molecule has 1 fully saturated rings. The summed E-state index contributed by atoms with van der Waals surface area (Å²) in [7, 11) is 1.38. The van der Waals surface area contributed by atoms with Crippen LogP contribution in [0.25, 0.3) is 0 Å². The zero-order chi connectivity index (χ0) is 26.9. The summed E-state index contributed by atoms with van der Waals surface area (Å²) in [4.78, 5) is 42.8. The van der Waals surface area contributed by atoms with Crippen molar-refractivity contribution in [3.8, 4) is 12.1 Å². The predicted molar refractivity (Wildman–Crippen MR) is 128 cm³/mol.